The second-order valence-corrected chi connectivity index (χ2v) is 10.2. The van der Waals surface area contributed by atoms with Crippen LogP contribution in [-0.4, -0.2) is 65.4 Å². The van der Waals surface area contributed by atoms with Crippen molar-refractivity contribution in [2.45, 2.75) is 23.9 Å². The van der Waals surface area contributed by atoms with E-state index in [2.05, 4.69) is 9.97 Å². The fraction of sp³-hybridized carbons (Fsp3) is 0.389. The van der Waals surface area contributed by atoms with Gasteiger partial charge >= 0.3 is 0 Å². The number of rotatable bonds is 5. The van der Waals surface area contributed by atoms with Gasteiger partial charge in [-0.1, -0.05) is 41.0 Å². The van der Waals surface area contributed by atoms with E-state index in [0.717, 1.165) is 11.4 Å². The molecule has 0 aliphatic carbocycles. The van der Waals surface area contributed by atoms with E-state index in [4.69, 9.17) is 23.2 Å². The number of benzene rings is 1. The number of amides is 1. The van der Waals surface area contributed by atoms with E-state index in [1.165, 1.54) is 28.2 Å². The maximum atomic E-state index is 12.9. The van der Waals surface area contributed by atoms with E-state index in [9.17, 15) is 13.2 Å². The van der Waals surface area contributed by atoms with E-state index in [0.29, 0.717) is 18.2 Å². The van der Waals surface area contributed by atoms with Gasteiger partial charge in [0.2, 0.25) is 15.9 Å². The molecule has 1 aromatic carbocycles. The Balaban J connectivity index is 1.60. The third kappa shape index (κ3) is 5.21. The fourth-order valence-electron chi connectivity index (χ4n) is 3.01. The number of thioether (sulfide) groups is 1. The molecular weight excluding hydrogens is 455 g/mol. The molecule has 1 amide bonds. The Bertz CT molecular complexity index is 985. The highest BCUT2D eigenvalue weighted by Gasteiger charge is 2.33. The van der Waals surface area contributed by atoms with Crippen molar-refractivity contribution in [1.82, 2.24) is 19.2 Å². The lowest BCUT2D eigenvalue weighted by atomic mass is 10.3. The molecule has 2 heterocycles. The molecule has 3 rings (SSSR count). The predicted molar refractivity (Wildman–Crippen MR) is 114 cm³/mol. The van der Waals surface area contributed by atoms with E-state index < -0.39 is 10.0 Å². The minimum Gasteiger partial charge on any atom is -0.339 e. The number of hydrogen-bond acceptors (Lipinski definition) is 6. The van der Waals surface area contributed by atoms with Crippen molar-refractivity contribution in [3.8, 4) is 0 Å². The van der Waals surface area contributed by atoms with Crippen LogP contribution < -0.4 is 0 Å². The molecule has 0 bridgehead atoms. The number of halogens is 2. The molecule has 1 aliphatic rings. The highest BCUT2D eigenvalue weighted by Crippen LogP contribution is 2.32. The van der Waals surface area contributed by atoms with Crippen LogP contribution in [0.15, 0.2) is 34.3 Å². The van der Waals surface area contributed by atoms with Crippen molar-refractivity contribution < 1.29 is 13.2 Å². The maximum Gasteiger partial charge on any atom is 0.246 e. The van der Waals surface area contributed by atoms with Crippen molar-refractivity contribution in [3.63, 3.8) is 0 Å². The number of piperazine rings is 1. The molecule has 29 heavy (non-hydrogen) atoms. The zero-order chi connectivity index (χ0) is 21.2. The van der Waals surface area contributed by atoms with E-state index in [1.807, 2.05) is 19.9 Å². The first-order valence-electron chi connectivity index (χ1n) is 8.85. The van der Waals surface area contributed by atoms with E-state index >= 15 is 0 Å². The number of sulfonamides is 1. The minimum atomic E-state index is -3.83. The molecule has 1 fully saturated rings. The van der Waals surface area contributed by atoms with Crippen molar-refractivity contribution in [1.29, 1.82) is 0 Å². The third-order valence-corrected chi connectivity index (χ3v) is 8.08. The molecule has 0 N–H and O–H groups in total. The fourth-order valence-corrected chi connectivity index (χ4v) is 6.38. The standard InChI is InChI=1S/C18H20Cl2N4O3S2/c1-12-10-13(2)22-18(21-12)28-11-16(25)23-6-8-24(9-7-23)29(26,27)17-14(19)4-3-5-15(17)20/h3-5,10H,6-9,11H2,1-2H3. The van der Waals surface area contributed by atoms with Crippen LogP contribution in [0.3, 0.4) is 0 Å². The Hall–Kier alpha value is -1.39. The number of aryl methyl sites for hydroxylation is 2. The highest BCUT2D eigenvalue weighted by molar-refractivity contribution is 7.99. The van der Waals surface area contributed by atoms with Gasteiger partial charge in [-0.05, 0) is 32.0 Å². The van der Waals surface area contributed by atoms with Gasteiger partial charge < -0.3 is 4.90 Å². The van der Waals surface area contributed by atoms with Crippen LogP contribution in [0.1, 0.15) is 11.4 Å². The highest BCUT2D eigenvalue weighted by atomic mass is 35.5. The zero-order valence-electron chi connectivity index (χ0n) is 15.9. The molecule has 2 aromatic rings. The van der Waals surface area contributed by atoms with Gasteiger partial charge in [-0.25, -0.2) is 18.4 Å². The summed E-state index contributed by atoms with van der Waals surface area (Å²) in [6.45, 7) is 4.72. The summed E-state index contributed by atoms with van der Waals surface area (Å²) in [5, 5.41) is 0.729. The van der Waals surface area contributed by atoms with Crippen LogP contribution in [0.2, 0.25) is 10.0 Å². The molecule has 0 saturated carbocycles. The molecule has 1 aromatic heterocycles. The second-order valence-electron chi connectivity index (χ2n) is 6.56. The Morgan fingerprint density at radius 3 is 2.17 bits per heavy atom. The van der Waals surface area contributed by atoms with Crippen molar-refractivity contribution in [2.24, 2.45) is 0 Å². The summed E-state index contributed by atoms with van der Waals surface area (Å²) in [6.07, 6.45) is 0. The summed E-state index contributed by atoms with van der Waals surface area (Å²) in [5.74, 6) is 0.122. The lowest BCUT2D eigenvalue weighted by Crippen LogP contribution is -2.51. The van der Waals surface area contributed by atoms with Gasteiger partial charge in [-0.3, -0.25) is 4.79 Å². The summed E-state index contributed by atoms with van der Waals surface area (Å²) in [6, 6.07) is 6.45. The molecule has 0 spiro atoms. The van der Waals surface area contributed by atoms with Gasteiger partial charge in [0.15, 0.2) is 5.16 Å². The number of nitrogens with zero attached hydrogens (tertiary/aromatic N) is 4. The Morgan fingerprint density at radius 1 is 1.07 bits per heavy atom. The molecule has 1 aliphatic heterocycles. The quantitative estimate of drug-likeness (QED) is 0.489. The average molecular weight is 475 g/mol. The van der Waals surface area contributed by atoms with Gasteiger partial charge in [-0.15, -0.1) is 0 Å². The summed E-state index contributed by atoms with van der Waals surface area (Å²) < 4.78 is 27.1. The molecule has 1 saturated heterocycles. The van der Waals surface area contributed by atoms with E-state index in [-0.39, 0.29) is 39.7 Å². The normalized spacial score (nSPS) is 15.5. The van der Waals surface area contributed by atoms with Gasteiger partial charge in [0.05, 0.1) is 15.8 Å². The monoisotopic (exact) mass is 474 g/mol. The summed E-state index contributed by atoms with van der Waals surface area (Å²) in [4.78, 5) is 22.7. The SMILES string of the molecule is Cc1cc(C)nc(SCC(=O)N2CCN(S(=O)(=O)c3c(Cl)cccc3Cl)CC2)n1. The van der Waals surface area contributed by atoms with Crippen LogP contribution in [-0.2, 0) is 14.8 Å². The largest absolute Gasteiger partial charge is 0.339 e. The third-order valence-electron chi connectivity index (χ3n) is 4.39. The predicted octanol–water partition coefficient (Wildman–Crippen LogP) is 3.03. The summed E-state index contributed by atoms with van der Waals surface area (Å²) in [7, 11) is -3.83. The molecular formula is C18H20Cl2N4O3S2. The first-order valence-corrected chi connectivity index (χ1v) is 12.0. The first kappa shape index (κ1) is 22.3. The zero-order valence-corrected chi connectivity index (χ0v) is 19.1. The average Bonchev–Trinajstić information content (AvgIpc) is 2.65. The molecule has 0 radical (unpaired) electrons. The number of carbonyl (C=O) groups is 1. The molecule has 0 unspecified atom stereocenters. The smallest absolute Gasteiger partial charge is 0.246 e. The van der Waals surface area contributed by atoms with Crippen LogP contribution >= 0.6 is 35.0 Å². The first-order chi connectivity index (χ1) is 13.7. The van der Waals surface area contributed by atoms with Crippen molar-refractivity contribution >= 4 is 50.9 Å². The molecule has 7 nitrogen and oxygen atoms in total. The topological polar surface area (TPSA) is 83.5 Å². The number of carbonyl (C=O) groups excluding carboxylic acids is 1. The number of hydrogen-bond donors (Lipinski definition) is 0. The van der Waals surface area contributed by atoms with Crippen molar-refractivity contribution in [2.75, 3.05) is 31.9 Å². The van der Waals surface area contributed by atoms with E-state index in [1.54, 1.807) is 11.0 Å². The lowest BCUT2D eigenvalue weighted by molar-refractivity contribution is -0.129. The van der Waals surface area contributed by atoms with Crippen LogP contribution in [0.4, 0.5) is 0 Å². The second kappa shape index (κ2) is 9.18. The van der Waals surface area contributed by atoms with Crippen LogP contribution in [0.25, 0.3) is 0 Å². The molecule has 156 valence electrons. The molecule has 11 heteroatoms. The van der Waals surface area contributed by atoms with Gasteiger partial charge in [0, 0.05) is 37.6 Å². The molecule has 0 atom stereocenters. The number of aromatic nitrogens is 2. The summed E-state index contributed by atoms with van der Waals surface area (Å²) >= 11 is 13.4. The Morgan fingerprint density at radius 2 is 1.62 bits per heavy atom. The Labute approximate surface area is 184 Å². The van der Waals surface area contributed by atoms with Crippen LogP contribution in [0, 0.1) is 13.8 Å². The summed E-state index contributed by atoms with van der Waals surface area (Å²) in [5.41, 5.74) is 1.70. The van der Waals surface area contributed by atoms with Crippen LogP contribution in [0.5, 0.6) is 0 Å². The van der Waals surface area contributed by atoms with Crippen molar-refractivity contribution in [3.05, 3.63) is 45.7 Å². The van der Waals surface area contributed by atoms with Gasteiger partial charge in [0.1, 0.15) is 4.90 Å². The van der Waals surface area contributed by atoms with Gasteiger partial charge in [0.25, 0.3) is 0 Å². The minimum absolute atomic E-state index is 0.0782. The van der Waals surface area contributed by atoms with Gasteiger partial charge in [-0.2, -0.15) is 4.31 Å². The maximum absolute atomic E-state index is 12.9. The lowest BCUT2D eigenvalue weighted by Gasteiger charge is -2.34. The Kier molecular flexibility index (Phi) is 7.06.